The highest BCUT2D eigenvalue weighted by Crippen LogP contribution is 2.11. The molecular formula is C15H13N3O. The van der Waals surface area contributed by atoms with Gasteiger partial charge in [0.05, 0.1) is 12.5 Å². The molecular weight excluding hydrogens is 238 g/mol. The first-order valence-corrected chi connectivity index (χ1v) is 5.90. The number of carbonyl (C=O) groups is 1. The van der Waals surface area contributed by atoms with Crippen LogP contribution >= 0.6 is 0 Å². The second-order valence-corrected chi connectivity index (χ2v) is 4.15. The number of hydrogen-bond acceptors (Lipinski definition) is 3. The zero-order valence-electron chi connectivity index (χ0n) is 10.6. The van der Waals surface area contributed by atoms with Crippen molar-refractivity contribution in [3.05, 3.63) is 59.4 Å². The number of nitriles is 1. The van der Waals surface area contributed by atoms with Crippen LogP contribution in [0.2, 0.25) is 0 Å². The fraction of sp³-hybridized carbons (Fsp3) is 0.133. The molecule has 0 aliphatic rings. The molecule has 0 atom stereocenters. The molecule has 1 heterocycles. The molecule has 0 spiro atoms. The van der Waals surface area contributed by atoms with E-state index in [9.17, 15) is 4.79 Å². The number of benzene rings is 1. The number of nitrogens with one attached hydrogen (secondary N) is 1. The molecule has 0 saturated carbocycles. The Balaban J connectivity index is 2.09. The summed E-state index contributed by atoms with van der Waals surface area (Å²) >= 11 is 0. The first-order chi connectivity index (χ1) is 9.19. The van der Waals surface area contributed by atoms with Gasteiger partial charge in [-0.15, -0.1) is 0 Å². The molecule has 2 aromatic rings. The number of aromatic nitrogens is 1. The molecule has 94 valence electrons. The monoisotopic (exact) mass is 251 g/mol. The lowest BCUT2D eigenvalue weighted by molar-refractivity contribution is 0.102. The van der Waals surface area contributed by atoms with E-state index in [1.54, 1.807) is 24.3 Å². The van der Waals surface area contributed by atoms with Gasteiger partial charge in [0, 0.05) is 11.4 Å². The van der Waals surface area contributed by atoms with E-state index < -0.39 is 0 Å². The summed E-state index contributed by atoms with van der Waals surface area (Å²) in [6, 6.07) is 14.6. The van der Waals surface area contributed by atoms with Crippen molar-refractivity contribution < 1.29 is 4.79 Å². The summed E-state index contributed by atoms with van der Waals surface area (Å²) in [5, 5.41) is 11.4. The number of anilines is 1. The SMILES string of the molecule is Cc1cccc(C(=O)Nc2ccc(CC#N)cc2)n1. The van der Waals surface area contributed by atoms with Gasteiger partial charge in [-0.3, -0.25) is 4.79 Å². The van der Waals surface area contributed by atoms with Crippen LogP contribution in [0.3, 0.4) is 0 Å². The average Bonchev–Trinajstić information content (AvgIpc) is 2.41. The Labute approximate surface area is 111 Å². The van der Waals surface area contributed by atoms with Crippen molar-refractivity contribution in [3.63, 3.8) is 0 Å². The van der Waals surface area contributed by atoms with Gasteiger partial charge in [0.1, 0.15) is 5.69 Å². The lowest BCUT2D eigenvalue weighted by Crippen LogP contribution is -2.13. The molecule has 4 nitrogen and oxygen atoms in total. The van der Waals surface area contributed by atoms with E-state index in [2.05, 4.69) is 16.4 Å². The summed E-state index contributed by atoms with van der Waals surface area (Å²) in [6.45, 7) is 1.84. The number of rotatable bonds is 3. The molecule has 1 aromatic heterocycles. The minimum atomic E-state index is -0.239. The van der Waals surface area contributed by atoms with Gasteiger partial charge in [-0.1, -0.05) is 18.2 Å². The van der Waals surface area contributed by atoms with E-state index in [1.807, 2.05) is 25.1 Å². The van der Waals surface area contributed by atoms with E-state index >= 15 is 0 Å². The highest BCUT2D eigenvalue weighted by atomic mass is 16.1. The Kier molecular flexibility index (Phi) is 3.89. The number of amides is 1. The van der Waals surface area contributed by atoms with Gasteiger partial charge in [0.15, 0.2) is 0 Å². The molecule has 1 amide bonds. The highest BCUT2D eigenvalue weighted by Gasteiger charge is 2.07. The number of carbonyl (C=O) groups excluding carboxylic acids is 1. The number of nitrogens with zero attached hydrogens (tertiary/aromatic N) is 2. The summed E-state index contributed by atoms with van der Waals surface area (Å²) < 4.78 is 0. The molecule has 0 aliphatic carbocycles. The Bertz CT molecular complexity index is 627. The smallest absolute Gasteiger partial charge is 0.274 e. The van der Waals surface area contributed by atoms with Crippen LogP contribution in [0.25, 0.3) is 0 Å². The lowest BCUT2D eigenvalue weighted by Gasteiger charge is -2.05. The van der Waals surface area contributed by atoms with Gasteiger partial charge in [0.25, 0.3) is 5.91 Å². The molecule has 0 aliphatic heterocycles. The van der Waals surface area contributed by atoms with E-state index in [-0.39, 0.29) is 5.91 Å². The summed E-state index contributed by atoms with van der Waals surface area (Å²) in [6.07, 6.45) is 0.369. The second-order valence-electron chi connectivity index (χ2n) is 4.15. The van der Waals surface area contributed by atoms with E-state index in [1.165, 1.54) is 0 Å². The lowest BCUT2D eigenvalue weighted by atomic mass is 10.1. The van der Waals surface area contributed by atoms with E-state index in [0.717, 1.165) is 11.3 Å². The van der Waals surface area contributed by atoms with Crippen LogP contribution in [0.1, 0.15) is 21.7 Å². The zero-order chi connectivity index (χ0) is 13.7. The highest BCUT2D eigenvalue weighted by molar-refractivity contribution is 6.02. The molecule has 0 saturated heterocycles. The van der Waals surface area contributed by atoms with Crippen LogP contribution in [-0.4, -0.2) is 10.9 Å². The van der Waals surface area contributed by atoms with Gasteiger partial charge in [0.2, 0.25) is 0 Å². The maximum Gasteiger partial charge on any atom is 0.274 e. The van der Waals surface area contributed by atoms with Crippen LogP contribution in [0.5, 0.6) is 0 Å². The third-order valence-corrected chi connectivity index (χ3v) is 2.62. The fourth-order valence-corrected chi connectivity index (χ4v) is 1.66. The van der Waals surface area contributed by atoms with Gasteiger partial charge < -0.3 is 5.32 Å². The molecule has 1 aromatic carbocycles. The van der Waals surface area contributed by atoms with Crippen molar-refractivity contribution in [2.24, 2.45) is 0 Å². The minimum absolute atomic E-state index is 0.239. The van der Waals surface area contributed by atoms with E-state index in [0.29, 0.717) is 17.8 Å². The zero-order valence-corrected chi connectivity index (χ0v) is 10.6. The molecule has 0 fully saturated rings. The van der Waals surface area contributed by atoms with Crippen LogP contribution in [0.15, 0.2) is 42.5 Å². The Hall–Kier alpha value is -2.67. The predicted molar refractivity (Wildman–Crippen MR) is 72.7 cm³/mol. The Morgan fingerprint density at radius 1 is 1.26 bits per heavy atom. The van der Waals surface area contributed by atoms with Crippen molar-refractivity contribution in [2.75, 3.05) is 5.32 Å². The Morgan fingerprint density at radius 3 is 2.63 bits per heavy atom. The third kappa shape index (κ3) is 3.39. The van der Waals surface area contributed by atoms with Crippen molar-refractivity contribution in [1.29, 1.82) is 5.26 Å². The summed E-state index contributed by atoms with van der Waals surface area (Å²) in [4.78, 5) is 16.1. The number of pyridine rings is 1. The van der Waals surface area contributed by atoms with Crippen molar-refractivity contribution in [1.82, 2.24) is 4.98 Å². The van der Waals surface area contributed by atoms with Gasteiger partial charge >= 0.3 is 0 Å². The molecule has 2 rings (SSSR count). The number of hydrogen-bond donors (Lipinski definition) is 1. The second kappa shape index (κ2) is 5.78. The summed E-state index contributed by atoms with van der Waals surface area (Å²) in [5.74, 6) is -0.239. The van der Waals surface area contributed by atoms with Gasteiger partial charge in [-0.2, -0.15) is 5.26 Å². The first kappa shape index (κ1) is 12.8. The molecule has 0 radical (unpaired) electrons. The van der Waals surface area contributed by atoms with Crippen LogP contribution < -0.4 is 5.32 Å². The molecule has 19 heavy (non-hydrogen) atoms. The summed E-state index contributed by atoms with van der Waals surface area (Å²) in [5.41, 5.74) is 2.81. The molecule has 4 heteroatoms. The summed E-state index contributed by atoms with van der Waals surface area (Å²) in [7, 11) is 0. The first-order valence-electron chi connectivity index (χ1n) is 5.90. The van der Waals surface area contributed by atoms with Crippen LogP contribution in [0.4, 0.5) is 5.69 Å². The molecule has 0 bridgehead atoms. The average molecular weight is 251 g/mol. The Morgan fingerprint density at radius 2 is 2.00 bits per heavy atom. The van der Waals surface area contributed by atoms with Crippen molar-refractivity contribution in [3.8, 4) is 6.07 Å². The maximum absolute atomic E-state index is 12.0. The van der Waals surface area contributed by atoms with Crippen LogP contribution in [-0.2, 0) is 6.42 Å². The fourth-order valence-electron chi connectivity index (χ4n) is 1.66. The molecule has 1 N–H and O–H groups in total. The maximum atomic E-state index is 12.0. The molecule has 0 unspecified atom stereocenters. The predicted octanol–water partition coefficient (Wildman–Crippen LogP) is 2.71. The quantitative estimate of drug-likeness (QED) is 0.912. The van der Waals surface area contributed by atoms with Crippen molar-refractivity contribution in [2.45, 2.75) is 13.3 Å². The largest absolute Gasteiger partial charge is 0.321 e. The van der Waals surface area contributed by atoms with Gasteiger partial charge in [-0.25, -0.2) is 4.98 Å². The third-order valence-electron chi connectivity index (χ3n) is 2.62. The topological polar surface area (TPSA) is 65.8 Å². The van der Waals surface area contributed by atoms with Crippen molar-refractivity contribution >= 4 is 11.6 Å². The number of aryl methyl sites for hydroxylation is 1. The van der Waals surface area contributed by atoms with Crippen LogP contribution in [0, 0.1) is 18.3 Å². The standard InChI is InChI=1S/C15H13N3O/c1-11-3-2-4-14(17-11)15(19)18-13-7-5-12(6-8-13)9-10-16/h2-8H,9H2,1H3,(H,18,19). The normalized spacial score (nSPS) is 9.68. The van der Waals surface area contributed by atoms with Gasteiger partial charge in [-0.05, 0) is 36.8 Å². The minimum Gasteiger partial charge on any atom is -0.321 e. The van der Waals surface area contributed by atoms with E-state index in [4.69, 9.17) is 5.26 Å².